The molecule has 1 aromatic heterocycles. The van der Waals surface area contributed by atoms with Gasteiger partial charge in [0.1, 0.15) is 23.0 Å². The van der Waals surface area contributed by atoms with Crippen LogP contribution >= 0.6 is 0 Å². The SMILES string of the molecule is Cc1c(Cc2cccc(N)c2F)c(=O)oc2cc(OC(=O)N(C)C)cc(F)c12. The van der Waals surface area contributed by atoms with Crippen LogP contribution in [0, 0.1) is 18.6 Å². The van der Waals surface area contributed by atoms with E-state index in [1.807, 2.05) is 0 Å². The van der Waals surface area contributed by atoms with Gasteiger partial charge in [-0.3, -0.25) is 0 Å². The van der Waals surface area contributed by atoms with Gasteiger partial charge in [0.05, 0.1) is 11.1 Å². The van der Waals surface area contributed by atoms with Gasteiger partial charge in [0.2, 0.25) is 0 Å². The van der Waals surface area contributed by atoms with Gasteiger partial charge in [-0.25, -0.2) is 18.4 Å². The molecule has 0 radical (unpaired) electrons. The second-order valence-electron chi connectivity index (χ2n) is 6.53. The number of nitrogen functional groups attached to an aromatic ring is 1. The van der Waals surface area contributed by atoms with Crippen LogP contribution in [0.25, 0.3) is 11.0 Å². The number of hydrogen-bond donors (Lipinski definition) is 1. The molecule has 3 rings (SSSR count). The topological polar surface area (TPSA) is 85.8 Å². The second kappa shape index (κ2) is 7.30. The number of nitrogens with zero attached hydrogens (tertiary/aromatic N) is 1. The maximum Gasteiger partial charge on any atom is 0.414 e. The summed E-state index contributed by atoms with van der Waals surface area (Å²) in [5, 5.41) is 0.0589. The van der Waals surface area contributed by atoms with Crippen molar-refractivity contribution in [1.82, 2.24) is 4.90 Å². The highest BCUT2D eigenvalue weighted by Gasteiger charge is 2.19. The van der Waals surface area contributed by atoms with Crippen LogP contribution in [-0.2, 0) is 6.42 Å². The largest absolute Gasteiger partial charge is 0.422 e. The molecule has 0 atom stereocenters. The summed E-state index contributed by atoms with van der Waals surface area (Å²) in [6, 6.07) is 6.76. The third-order valence-corrected chi connectivity index (χ3v) is 4.35. The number of halogens is 2. The molecule has 6 nitrogen and oxygen atoms in total. The van der Waals surface area contributed by atoms with E-state index in [-0.39, 0.29) is 40.0 Å². The number of anilines is 1. The summed E-state index contributed by atoms with van der Waals surface area (Å²) < 4.78 is 39.1. The monoisotopic (exact) mass is 388 g/mol. The molecule has 2 N–H and O–H groups in total. The summed E-state index contributed by atoms with van der Waals surface area (Å²) in [5.74, 6) is -1.46. The number of amides is 1. The van der Waals surface area contributed by atoms with Crippen LogP contribution in [0.15, 0.2) is 39.5 Å². The molecule has 0 aliphatic heterocycles. The van der Waals surface area contributed by atoms with Gasteiger partial charge in [-0.05, 0) is 24.1 Å². The van der Waals surface area contributed by atoms with Gasteiger partial charge in [-0.1, -0.05) is 12.1 Å². The highest BCUT2D eigenvalue weighted by atomic mass is 19.1. The lowest BCUT2D eigenvalue weighted by atomic mass is 9.98. The fraction of sp³-hybridized carbons (Fsp3) is 0.200. The Morgan fingerprint density at radius 2 is 1.96 bits per heavy atom. The van der Waals surface area contributed by atoms with E-state index in [4.69, 9.17) is 14.9 Å². The van der Waals surface area contributed by atoms with Crippen LogP contribution in [-0.4, -0.2) is 25.1 Å². The molecule has 0 fully saturated rings. The lowest BCUT2D eigenvalue weighted by Gasteiger charge is -2.13. The Bertz CT molecular complexity index is 1140. The van der Waals surface area contributed by atoms with Crippen molar-refractivity contribution in [2.75, 3.05) is 19.8 Å². The van der Waals surface area contributed by atoms with E-state index in [0.29, 0.717) is 5.56 Å². The molecule has 1 amide bonds. The van der Waals surface area contributed by atoms with Gasteiger partial charge < -0.3 is 19.8 Å². The van der Waals surface area contributed by atoms with Crippen LogP contribution < -0.4 is 16.1 Å². The average Bonchev–Trinajstić information content (AvgIpc) is 2.61. The number of rotatable bonds is 3. The third-order valence-electron chi connectivity index (χ3n) is 4.35. The van der Waals surface area contributed by atoms with Gasteiger partial charge in [-0.15, -0.1) is 0 Å². The summed E-state index contributed by atoms with van der Waals surface area (Å²) >= 11 is 0. The van der Waals surface area contributed by atoms with E-state index in [0.717, 1.165) is 6.07 Å². The predicted octanol–water partition coefficient (Wildman–Crippen LogP) is 3.61. The lowest BCUT2D eigenvalue weighted by molar-refractivity contribution is 0.172. The molecular weight excluding hydrogens is 370 g/mol. The van der Waals surface area contributed by atoms with Crippen LogP contribution in [0.3, 0.4) is 0 Å². The molecule has 0 aliphatic carbocycles. The zero-order chi connectivity index (χ0) is 20.6. The van der Waals surface area contributed by atoms with E-state index >= 15 is 0 Å². The van der Waals surface area contributed by atoms with E-state index in [9.17, 15) is 18.4 Å². The fourth-order valence-corrected chi connectivity index (χ4v) is 2.85. The first kappa shape index (κ1) is 19.3. The molecule has 8 heteroatoms. The first-order valence-electron chi connectivity index (χ1n) is 8.37. The zero-order valence-electron chi connectivity index (χ0n) is 15.5. The summed E-state index contributed by atoms with van der Waals surface area (Å²) in [6.07, 6.45) is -0.802. The van der Waals surface area contributed by atoms with Crippen LogP contribution in [0.2, 0.25) is 0 Å². The van der Waals surface area contributed by atoms with Crippen LogP contribution in [0.1, 0.15) is 16.7 Å². The minimum atomic E-state index is -0.734. The van der Waals surface area contributed by atoms with Gasteiger partial charge >= 0.3 is 11.7 Å². The van der Waals surface area contributed by atoms with Gasteiger partial charge in [0.15, 0.2) is 0 Å². The minimum Gasteiger partial charge on any atom is -0.422 e. The molecule has 0 spiro atoms. The Hall–Kier alpha value is -3.42. The van der Waals surface area contributed by atoms with E-state index in [1.54, 1.807) is 13.0 Å². The number of fused-ring (bicyclic) bond motifs is 1. The van der Waals surface area contributed by atoms with Crippen molar-refractivity contribution in [3.05, 3.63) is 69.1 Å². The van der Waals surface area contributed by atoms with Crippen molar-refractivity contribution in [3.63, 3.8) is 0 Å². The standard InChI is InChI=1S/C20H18F2N2O4/c1-10-13(7-11-5-4-6-15(23)18(11)22)19(25)28-16-9-12(8-14(21)17(10)16)27-20(26)24(2)3/h4-6,8-9H,7,23H2,1-3H3. The Morgan fingerprint density at radius 1 is 1.25 bits per heavy atom. The van der Waals surface area contributed by atoms with E-state index < -0.39 is 23.4 Å². The number of hydrogen-bond acceptors (Lipinski definition) is 5. The number of ether oxygens (including phenoxy) is 1. The molecule has 0 saturated heterocycles. The molecule has 0 aliphatic rings. The Kier molecular flexibility index (Phi) is 5.04. The number of carbonyl (C=O) groups excluding carboxylic acids is 1. The maximum absolute atomic E-state index is 14.7. The quantitative estimate of drug-likeness (QED) is 0.547. The first-order valence-corrected chi connectivity index (χ1v) is 8.37. The van der Waals surface area contributed by atoms with Gasteiger partial charge in [-0.2, -0.15) is 0 Å². The summed E-state index contributed by atoms with van der Waals surface area (Å²) in [6.45, 7) is 1.55. The number of carbonyl (C=O) groups is 1. The van der Waals surface area contributed by atoms with Crippen molar-refractivity contribution in [2.24, 2.45) is 0 Å². The van der Waals surface area contributed by atoms with Crippen LogP contribution in [0.5, 0.6) is 5.75 Å². The average molecular weight is 388 g/mol. The number of benzene rings is 2. The number of nitrogens with two attached hydrogens (primary N) is 1. The molecular formula is C20H18F2N2O4. The van der Waals surface area contributed by atoms with Gasteiger partial charge in [0.25, 0.3) is 0 Å². The molecule has 3 aromatic rings. The molecule has 2 aromatic carbocycles. The maximum atomic E-state index is 14.7. The van der Waals surface area contributed by atoms with Crippen molar-refractivity contribution in [1.29, 1.82) is 0 Å². The van der Waals surface area contributed by atoms with Crippen molar-refractivity contribution in [2.45, 2.75) is 13.3 Å². The van der Waals surface area contributed by atoms with Crippen molar-refractivity contribution < 1.29 is 22.7 Å². The second-order valence-corrected chi connectivity index (χ2v) is 6.53. The smallest absolute Gasteiger partial charge is 0.414 e. The summed E-state index contributed by atoms with van der Waals surface area (Å²) in [7, 11) is 2.96. The van der Waals surface area contributed by atoms with Crippen molar-refractivity contribution >= 4 is 22.7 Å². The normalized spacial score (nSPS) is 10.9. The summed E-state index contributed by atoms with van der Waals surface area (Å²) in [5.41, 5.74) is 5.35. The minimum absolute atomic E-state index is 0.0427. The van der Waals surface area contributed by atoms with Crippen LogP contribution in [0.4, 0.5) is 19.3 Å². The van der Waals surface area contributed by atoms with E-state index in [2.05, 4.69) is 0 Å². The van der Waals surface area contributed by atoms with E-state index in [1.165, 1.54) is 37.2 Å². The predicted molar refractivity (Wildman–Crippen MR) is 101 cm³/mol. The lowest BCUT2D eigenvalue weighted by Crippen LogP contribution is -2.25. The molecule has 28 heavy (non-hydrogen) atoms. The van der Waals surface area contributed by atoms with Crippen molar-refractivity contribution in [3.8, 4) is 5.75 Å². The summed E-state index contributed by atoms with van der Waals surface area (Å²) in [4.78, 5) is 25.3. The highest BCUT2D eigenvalue weighted by molar-refractivity contribution is 5.84. The molecule has 146 valence electrons. The third kappa shape index (κ3) is 3.53. The molecule has 0 saturated carbocycles. The van der Waals surface area contributed by atoms with Gasteiger partial charge in [0, 0.05) is 38.2 Å². The fourth-order valence-electron chi connectivity index (χ4n) is 2.85. The molecule has 0 unspecified atom stereocenters. The Labute approximate surface area is 159 Å². The molecule has 1 heterocycles. The highest BCUT2D eigenvalue weighted by Crippen LogP contribution is 2.29. The Balaban J connectivity index is 2.10. The number of aryl methyl sites for hydroxylation is 1. The zero-order valence-corrected chi connectivity index (χ0v) is 15.5. The first-order chi connectivity index (χ1) is 13.2. The Morgan fingerprint density at radius 3 is 2.64 bits per heavy atom. The molecule has 0 bridgehead atoms.